The molecule has 4 nitrogen and oxygen atoms in total. The molecular formula is C21H22F3NO3. The number of amides is 1. The first-order valence-electron chi connectivity index (χ1n) is 9.04. The van der Waals surface area contributed by atoms with E-state index in [0.29, 0.717) is 6.92 Å². The average molecular weight is 393 g/mol. The van der Waals surface area contributed by atoms with Crippen molar-refractivity contribution in [2.24, 2.45) is 0 Å². The summed E-state index contributed by atoms with van der Waals surface area (Å²) in [4.78, 5) is 13.2. The molecule has 7 heteroatoms. The van der Waals surface area contributed by atoms with Gasteiger partial charge in [-0.05, 0) is 36.1 Å². The van der Waals surface area contributed by atoms with E-state index in [2.05, 4.69) is 0 Å². The van der Waals surface area contributed by atoms with Crippen molar-refractivity contribution in [1.29, 1.82) is 0 Å². The number of likely N-dealkylation sites (N-methyl/N-ethyl adjacent to an activating group) is 1. The number of rotatable bonds is 5. The molecule has 0 aromatic heterocycles. The smallest absolute Gasteiger partial charge is 0.418 e. The Morgan fingerprint density at radius 1 is 1.07 bits per heavy atom. The van der Waals surface area contributed by atoms with Crippen molar-refractivity contribution >= 4 is 6.09 Å². The normalized spacial score (nSPS) is 15.5. The van der Waals surface area contributed by atoms with Gasteiger partial charge < -0.3 is 14.7 Å². The minimum absolute atomic E-state index is 0.0110. The number of fused-ring (bicyclic) bond motifs is 3. The van der Waals surface area contributed by atoms with Gasteiger partial charge in [0.2, 0.25) is 0 Å². The van der Waals surface area contributed by atoms with Gasteiger partial charge in [-0.1, -0.05) is 48.5 Å². The highest BCUT2D eigenvalue weighted by Crippen LogP contribution is 2.44. The van der Waals surface area contributed by atoms with E-state index in [1.807, 2.05) is 48.5 Å². The Balaban J connectivity index is 1.74. The van der Waals surface area contributed by atoms with Gasteiger partial charge >= 0.3 is 12.3 Å². The van der Waals surface area contributed by atoms with Crippen molar-refractivity contribution in [2.75, 3.05) is 19.7 Å². The van der Waals surface area contributed by atoms with Crippen molar-refractivity contribution in [2.45, 2.75) is 31.5 Å². The lowest BCUT2D eigenvalue weighted by molar-refractivity contribution is -0.255. The molecule has 150 valence electrons. The molecule has 2 aromatic carbocycles. The third-order valence-corrected chi connectivity index (χ3v) is 5.09. The van der Waals surface area contributed by atoms with Gasteiger partial charge in [0.05, 0.1) is 6.54 Å². The van der Waals surface area contributed by atoms with Gasteiger partial charge in [0.15, 0.2) is 5.60 Å². The van der Waals surface area contributed by atoms with E-state index in [1.54, 1.807) is 0 Å². The average Bonchev–Trinajstić information content (AvgIpc) is 2.97. The molecule has 28 heavy (non-hydrogen) atoms. The van der Waals surface area contributed by atoms with E-state index < -0.39 is 24.4 Å². The van der Waals surface area contributed by atoms with Crippen molar-refractivity contribution in [1.82, 2.24) is 4.90 Å². The second kappa shape index (κ2) is 7.47. The van der Waals surface area contributed by atoms with Crippen LogP contribution in [0, 0.1) is 0 Å². The molecule has 0 radical (unpaired) electrons. The molecule has 1 atom stereocenters. The molecule has 0 spiro atoms. The summed E-state index contributed by atoms with van der Waals surface area (Å²) in [6, 6.07) is 15.6. The SMILES string of the molecule is CCN(CC(C)(O)C(F)(F)F)C(=O)OCC1c2ccccc2-c2ccccc21. The van der Waals surface area contributed by atoms with Gasteiger partial charge in [0.25, 0.3) is 0 Å². The molecule has 0 fully saturated rings. The molecule has 1 unspecified atom stereocenters. The summed E-state index contributed by atoms with van der Waals surface area (Å²) >= 11 is 0. The maximum atomic E-state index is 12.9. The maximum Gasteiger partial charge on any atom is 0.418 e. The molecule has 0 bridgehead atoms. The fraction of sp³-hybridized carbons (Fsp3) is 0.381. The van der Waals surface area contributed by atoms with Crippen LogP contribution in [0.5, 0.6) is 0 Å². The van der Waals surface area contributed by atoms with Crippen LogP contribution in [0.1, 0.15) is 30.9 Å². The Bertz CT molecular complexity index is 818. The number of aliphatic hydroxyl groups is 1. The van der Waals surface area contributed by atoms with Crippen molar-refractivity contribution in [3.63, 3.8) is 0 Å². The zero-order valence-electron chi connectivity index (χ0n) is 15.7. The fourth-order valence-corrected chi connectivity index (χ4v) is 3.45. The van der Waals surface area contributed by atoms with Crippen molar-refractivity contribution in [3.8, 4) is 11.1 Å². The molecule has 3 rings (SSSR count). The molecule has 1 aliphatic carbocycles. The first kappa shape index (κ1) is 20.2. The van der Waals surface area contributed by atoms with E-state index in [0.717, 1.165) is 27.2 Å². The van der Waals surface area contributed by atoms with Gasteiger partial charge in [-0.15, -0.1) is 0 Å². The summed E-state index contributed by atoms with van der Waals surface area (Å²) in [7, 11) is 0. The number of hydrogen-bond acceptors (Lipinski definition) is 3. The number of nitrogens with zero attached hydrogens (tertiary/aromatic N) is 1. The quantitative estimate of drug-likeness (QED) is 0.810. The molecule has 0 aliphatic heterocycles. The van der Waals surface area contributed by atoms with E-state index in [9.17, 15) is 23.1 Å². The lowest BCUT2D eigenvalue weighted by Crippen LogP contribution is -2.52. The number of carbonyl (C=O) groups excluding carboxylic acids is 1. The Kier molecular flexibility index (Phi) is 5.39. The van der Waals surface area contributed by atoms with Gasteiger partial charge in [0.1, 0.15) is 6.61 Å². The lowest BCUT2D eigenvalue weighted by Gasteiger charge is -2.32. The predicted octanol–water partition coefficient (Wildman–Crippen LogP) is 4.57. The Labute approximate surface area is 161 Å². The monoisotopic (exact) mass is 393 g/mol. The van der Waals surface area contributed by atoms with Crippen LogP contribution in [-0.4, -0.2) is 47.6 Å². The topological polar surface area (TPSA) is 49.8 Å². The Morgan fingerprint density at radius 3 is 2.04 bits per heavy atom. The minimum Gasteiger partial charge on any atom is -0.448 e. The van der Waals surface area contributed by atoms with Crippen LogP contribution >= 0.6 is 0 Å². The highest BCUT2D eigenvalue weighted by Gasteiger charge is 2.51. The first-order valence-corrected chi connectivity index (χ1v) is 9.04. The highest BCUT2D eigenvalue weighted by molar-refractivity contribution is 5.79. The van der Waals surface area contributed by atoms with Crippen LogP contribution in [0.15, 0.2) is 48.5 Å². The van der Waals surface area contributed by atoms with Gasteiger partial charge in [-0.3, -0.25) is 0 Å². The number of carbonyl (C=O) groups is 1. The molecule has 0 heterocycles. The zero-order chi connectivity index (χ0) is 20.5. The molecule has 0 saturated heterocycles. The van der Waals surface area contributed by atoms with Gasteiger partial charge in [-0.2, -0.15) is 13.2 Å². The summed E-state index contributed by atoms with van der Waals surface area (Å²) in [6.07, 6.45) is -5.72. The number of ether oxygens (including phenoxy) is 1. The number of halogens is 3. The Hall–Kier alpha value is -2.54. The summed E-state index contributed by atoms with van der Waals surface area (Å²) < 4.78 is 44.1. The van der Waals surface area contributed by atoms with Crippen LogP contribution < -0.4 is 0 Å². The van der Waals surface area contributed by atoms with Crippen LogP contribution in [-0.2, 0) is 4.74 Å². The second-order valence-electron chi connectivity index (χ2n) is 7.09. The van der Waals surface area contributed by atoms with E-state index in [-0.39, 0.29) is 19.1 Å². The molecule has 1 amide bonds. The standard InChI is InChI=1S/C21H22F3NO3/c1-3-25(13-20(2,27)21(22,23)24)19(26)28-12-18-16-10-6-4-8-14(16)15-9-5-7-11-17(15)18/h4-11,18,27H,3,12-13H2,1-2H3. The van der Waals surface area contributed by atoms with E-state index in [1.165, 1.54) is 6.92 Å². The third-order valence-electron chi connectivity index (χ3n) is 5.09. The van der Waals surface area contributed by atoms with Crippen LogP contribution in [0.3, 0.4) is 0 Å². The van der Waals surface area contributed by atoms with Gasteiger partial charge in [0, 0.05) is 12.5 Å². The molecule has 1 N–H and O–H groups in total. The van der Waals surface area contributed by atoms with Crippen LogP contribution in [0.4, 0.5) is 18.0 Å². The van der Waals surface area contributed by atoms with E-state index >= 15 is 0 Å². The summed E-state index contributed by atoms with van der Waals surface area (Å²) in [5, 5.41) is 9.67. The second-order valence-corrected chi connectivity index (χ2v) is 7.09. The van der Waals surface area contributed by atoms with Gasteiger partial charge in [-0.25, -0.2) is 4.79 Å². The maximum absolute atomic E-state index is 12.9. The largest absolute Gasteiger partial charge is 0.448 e. The predicted molar refractivity (Wildman–Crippen MR) is 99.0 cm³/mol. The van der Waals surface area contributed by atoms with Crippen molar-refractivity contribution in [3.05, 3.63) is 59.7 Å². The summed E-state index contributed by atoms with van der Waals surface area (Å²) in [5.41, 5.74) is 1.15. The first-order chi connectivity index (χ1) is 13.2. The highest BCUT2D eigenvalue weighted by atomic mass is 19.4. The molecule has 2 aromatic rings. The molecule has 1 aliphatic rings. The molecular weight excluding hydrogens is 371 g/mol. The third kappa shape index (κ3) is 3.71. The lowest BCUT2D eigenvalue weighted by atomic mass is 9.98. The summed E-state index contributed by atoms with van der Waals surface area (Å²) in [5.74, 6) is -0.182. The van der Waals surface area contributed by atoms with Crippen LogP contribution in [0.2, 0.25) is 0 Å². The van der Waals surface area contributed by atoms with Crippen LogP contribution in [0.25, 0.3) is 11.1 Å². The van der Waals surface area contributed by atoms with E-state index in [4.69, 9.17) is 4.74 Å². The zero-order valence-corrected chi connectivity index (χ0v) is 15.7. The fourth-order valence-electron chi connectivity index (χ4n) is 3.45. The number of hydrogen-bond donors (Lipinski definition) is 1. The van der Waals surface area contributed by atoms with Crippen molar-refractivity contribution < 1.29 is 27.8 Å². The number of alkyl halides is 3. The summed E-state index contributed by atoms with van der Waals surface area (Å²) in [6.45, 7) is 1.30. The number of benzene rings is 2. The Morgan fingerprint density at radius 2 is 1.57 bits per heavy atom. The molecule has 0 saturated carbocycles. The minimum atomic E-state index is -4.84.